The van der Waals surface area contributed by atoms with Crippen LogP contribution in [0.1, 0.15) is 13.8 Å². The minimum atomic E-state index is 1.75. The summed E-state index contributed by atoms with van der Waals surface area (Å²) in [6.07, 6.45) is 11.2. The number of rotatable bonds is 2. The summed E-state index contributed by atoms with van der Waals surface area (Å²) in [7, 11) is 0. The van der Waals surface area contributed by atoms with Crippen LogP contribution in [0.5, 0.6) is 0 Å². The van der Waals surface area contributed by atoms with Gasteiger partial charge in [0, 0.05) is 0 Å². The van der Waals surface area contributed by atoms with E-state index in [9.17, 15) is 0 Å². The van der Waals surface area contributed by atoms with E-state index in [1.54, 1.807) is 12.2 Å². The van der Waals surface area contributed by atoms with Crippen LogP contribution in [0.4, 0.5) is 0 Å². The maximum Gasteiger partial charge on any atom is -0.0467 e. The first-order valence-electron chi connectivity index (χ1n) is 3.30. The van der Waals surface area contributed by atoms with Crippen molar-refractivity contribution in [2.75, 3.05) is 0 Å². The van der Waals surface area contributed by atoms with Crippen LogP contribution in [-0.4, -0.2) is 0 Å². The van der Waals surface area contributed by atoms with Crippen molar-refractivity contribution in [3.8, 4) is 0 Å². The summed E-state index contributed by atoms with van der Waals surface area (Å²) >= 11 is 0. The van der Waals surface area contributed by atoms with Crippen molar-refractivity contribution in [2.45, 2.75) is 13.8 Å². The molecule has 0 aromatic rings. The lowest BCUT2D eigenvalue weighted by Gasteiger charge is -1.56. The summed E-state index contributed by atoms with van der Waals surface area (Å²) < 4.78 is 0. The summed E-state index contributed by atoms with van der Waals surface area (Å²) in [5.74, 6) is 0. The molecule has 0 heterocycles. The molecule has 0 aromatic heterocycles. The molecule has 0 aliphatic carbocycles. The van der Waals surface area contributed by atoms with Crippen LogP contribution in [-0.2, 0) is 0 Å². The van der Waals surface area contributed by atoms with E-state index in [-0.39, 0.29) is 0 Å². The molecule has 0 rings (SSSR count). The van der Waals surface area contributed by atoms with Gasteiger partial charge in [-0.3, -0.25) is 0 Å². The molecule has 0 heteroatoms. The van der Waals surface area contributed by atoms with E-state index in [2.05, 4.69) is 13.2 Å². The lowest BCUT2D eigenvalue weighted by molar-refractivity contribution is 1.74. The van der Waals surface area contributed by atoms with Crippen LogP contribution in [0.15, 0.2) is 49.6 Å². The highest BCUT2D eigenvalue weighted by atomic mass is 13.5. The van der Waals surface area contributed by atoms with E-state index in [1.165, 1.54) is 0 Å². The maximum atomic E-state index is 3.46. The zero-order chi connectivity index (χ0) is 8.24. The molecule has 0 amide bonds. The van der Waals surface area contributed by atoms with Gasteiger partial charge >= 0.3 is 0 Å². The fourth-order valence-corrected chi connectivity index (χ4v) is 0.272. The summed E-state index contributed by atoms with van der Waals surface area (Å²) in [4.78, 5) is 0. The van der Waals surface area contributed by atoms with Gasteiger partial charge in [-0.15, -0.1) is 0 Å². The second kappa shape index (κ2) is 15.7. The molecule has 0 aliphatic heterocycles. The molecule has 0 N–H and O–H groups in total. The van der Waals surface area contributed by atoms with Gasteiger partial charge in [0.15, 0.2) is 0 Å². The second-order valence-electron chi connectivity index (χ2n) is 1.52. The van der Waals surface area contributed by atoms with Crippen molar-refractivity contribution in [3.05, 3.63) is 49.6 Å². The minimum Gasteiger partial charge on any atom is -0.0991 e. The second-order valence-corrected chi connectivity index (χ2v) is 1.52. The number of hydrogen-bond acceptors (Lipinski definition) is 0. The molecule has 0 saturated carbocycles. The van der Waals surface area contributed by atoms with Gasteiger partial charge in [0.1, 0.15) is 0 Å². The Hall–Kier alpha value is -1.04. The Morgan fingerprint density at radius 2 is 1.10 bits per heavy atom. The first-order valence-corrected chi connectivity index (χ1v) is 3.30. The molecule has 0 bridgehead atoms. The Kier molecular flexibility index (Phi) is 18.4. The van der Waals surface area contributed by atoms with Crippen LogP contribution in [0.2, 0.25) is 0 Å². The highest BCUT2D eigenvalue weighted by Gasteiger charge is 1.42. The predicted octanol–water partition coefficient (Wildman–Crippen LogP) is 3.50. The van der Waals surface area contributed by atoms with Crippen molar-refractivity contribution in [1.82, 2.24) is 0 Å². The van der Waals surface area contributed by atoms with Gasteiger partial charge < -0.3 is 0 Å². The van der Waals surface area contributed by atoms with Gasteiger partial charge in [-0.1, -0.05) is 49.6 Å². The van der Waals surface area contributed by atoms with E-state index in [4.69, 9.17) is 0 Å². The number of allylic oxidation sites excluding steroid dienone is 6. The third kappa shape index (κ3) is 28.2. The van der Waals surface area contributed by atoms with Crippen molar-refractivity contribution in [3.63, 3.8) is 0 Å². The summed E-state index contributed by atoms with van der Waals surface area (Å²) in [6, 6.07) is 0. The van der Waals surface area contributed by atoms with Crippen molar-refractivity contribution >= 4 is 0 Å². The van der Waals surface area contributed by atoms with Crippen LogP contribution in [0.3, 0.4) is 0 Å². The normalized spacial score (nSPS) is 9.00. The molecule has 0 nitrogen and oxygen atoms in total. The first kappa shape index (κ1) is 11.7. The average Bonchev–Trinajstić information content (AvgIpc) is 1.93. The number of hydrogen-bond donors (Lipinski definition) is 0. The van der Waals surface area contributed by atoms with Crippen LogP contribution in [0.25, 0.3) is 0 Å². The fraction of sp³-hybridized carbons (Fsp3) is 0.200. The third-order valence-electron chi connectivity index (χ3n) is 0.657. The van der Waals surface area contributed by atoms with Crippen LogP contribution < -0.4 is 0 Å². The molecule has 10 heavy (non-hydrogen) atoms. The molecule has 0 fully saturated rings. The van der Waals surface area contributed by atoms with Gasteiger partial charge in [-0.05, 0) is 13.8 Å². The largest absolute Gasteiger partial charge is 0.0991 e. The van der Waals surface area contributed by atoms with Gasteiger partial charge in [0.05, 0.1) is 0 Å². The van der Waals surface area contributed by atoms with E-state index in [0.29, 0.717) is 0 Å². The Bertz CT molecular complexity index is 100. The molecule has 0 radical (unpaired) electrons. The summed E-state index contributed by atoms with van der Waals surface area (Å²) in [6.45, 7) is 10.8. The van der Waals surface area contributed by atoms with Crippen LogP contribution in [0, 0.1) is 0 Å². The lowest BCUT2D eigenvalue weighted by atomic mass is 10.5. The molecular weight excluding hydrogens is 120 g/mol. The Morgan fingerprint density at radius 1 is 0.800 bits per heavy atom. The molecular formula is C10H16. The minimum absolute atomic E-state index is 1.75. The monoisotopic (exact) mass is 136 g/mol. The lowest BCUT2D eigenvalue weighted by Crippen LogP contribution is -1.33. The Balaban J connectivity index is 0. The van der Waals surface area contributed by atoms with E-state index in [0.717, 1.165) is 0 Å². The molecule has 0 spiro atoms. The molecule has 0 aromatic carbocycles. The molecule has 0 aliphatic rings. The highest BCUT2D eigenvalue weighted by Crippen LogP contribution is 1.65. The Morgan fingerprint density at radius 3 is 1.10 bits per heavy atom. The van der Waals surface area contributed by atoms with E-state index < -0.39 is 0 Å². The van der Waals surface area contributed by atoms with Crippen molar-refractivity contribution in [1.29, 1.82) is 0 Å². The fourth-order valence-electron chi connectivity index (χ4n) is 0.272. The van der Waals surface area contributed by atoms with Gasteiger partial charge in [0.25, 0.3) is 0 Å². The van der Waals surface area contributed by atoms with E-state index >= 15 is 0 Å². The third-order valence-corrected chi connectivity index (χ3v) is 0.657. The summed E-state index contributed by atoms with van der Waals surface area (Å²) in [5.41, 5.74) is 0. The topological polar surface area (TPSA) is 0 Å². The quantitative estimate of drug-likeness (QED) is 0.510. The van der Waals surface area contributed by atoms with E-state index in [1.807, 2.05) is 38.2 Å². The molecule has 0 unspecified atom stereocenters. The van der Waals surface area contributed by atoms with Crippen LogP contribution >= 0.6 is 0 Å². The smallest absolute Gasteiger partial charge is 0.0467 e. The SMILES string of the molecule is C=C/C=C/C.C=C/C=C/C. The standard InChI is InChI=1S/2C5H8/c2*1-3-5-4-2/h2*3-5H,1H2,2H3/b2*5-4+. The van der Waals surface area contributed by atoms with Crippen molar-refractivity contribution < 1.29 is 0 Å². The van der Waals surface area contributed by atoms with Gasteiger partial charge in [-0.25, -0.2) is 0 Å². The maximum absolute atomic E-state index is 3.46. The van der Waals surface area contributed by atoms with Gasteiger partial charge in [-0.2, -0.15) is 0 Å². The molecule has 0 atom stereocenters. The average molecular weight is 136 g/mol. The zero-order valence-corrected chi connectivity index (χ0v) is 6.88. The Labute approximate surface area is 64.3 Å². The van der Waals surface area contributed by atoms with Gasteiger partial charge in [0.2, 0.25) is 0 Å². The zero-order valence-electron chi connectivity index (χ0n) is 6.88. The first-order chi connectivity index (χ1) is 4.83. The molecule has 56 valence electrons. The summed E-state index contributed by atoms with van der Waals surface area (Å²) in [5, 5.41) is 0. The van der Waals surface area contributed by atoms with Crippen molar-refractivity contribution in [2.24, 2.45) is 0 Å². The highest BCUT2D eigenvalue weighted by molar-refractivity contribution is 4.94. The molecule has 0 saturated heterocycles. The predicted molar refractivity (Wildman–Crippen MR) is 50.0 cm³/mol.